The maximum atomic E-state index is 12.3. The SMILES string of the molecule is CCS(=O)(=O)N(C)C1CCN(C2CCN(Cc3ncnc(NCC4CCN(c5ccccc5)CC4)c3C)CC2)CC1. The number of likely N-dealkylation sites (tertiary alicyclic amines) is 2. The fraction of sp³-hybridized carbons (Fsp3) is 0.677. The zero-order valence-corrected chi connectivity index (χ0v) is 26.0. The van der Waals surface area contributed by atoms with E-state index in [-0.39, 0.29) is 11.8 Å². The Labute approximate surface area is 247 Å². The molecule has 0 amide bonds. The van der Waals surface area contributed by atoms with Crippen molar-refractivity contribution in [2.24, 2.45) is 5.92 Å². The number of para-hydroxylation sites is 1. The number of anilines is 2. The van der Waals surface area contributed by atoms with Gasteiger partial charge < -0.3 is 15.1 Å². The first-order chi connectivity index (χ1) is 19.8. The molecule has 1 aromatic carbocycles. The van der Waals surface area contributed by atoms with Gasteiger partial charge in [-0.05, 0) is 83.5 Å². The normalized spacial score (nSPS) is 21.0. The van der Waals surface area contributed by atoms with Crippen LogP contribution in [0.15, 0.2) is 36.7 Å². The van der Waals surface area contributed by atoms with Crippen molar-refractivity contribution >= 4 is 21.5 Å². The molecule has 0 atom stereocenters. The van der Waals surface area contributed by atoms with Crippen molar-refractivity contribution in [3.8, 4) is 0 Å². The molecule has 0 saturated carbocycles. The van der Waals surface area contributed by atoms with Crippen molar-refractivity contribution in [3.63, 3.8) is 0 Å². The number of sulfonamides is 1. The van der Waals surface area contributed by atoms with Crippen LogP contribution in [-0.2, 0) is 16.6 Å². The summed E-state index contributed by atoms with van der Waals surface area (Å²) in [5.74, 6) is 1.82. The average molecular weight is 584 g/mol. The topological polar surface area (TPSA) is 84.9 Å². The summed E-state index contributed by atoms with van der Waals surface area (Å²) in [5.41, 5.74) is 3.63. The van der Waals surface area contributed by atoms with Crippen LogP contribution in [0.3, 0.4) is 0 Å². The van der Waals surface area contributed by atoms with Crippen molar-refractivity contribution in [2.45, 2.75) is 71.0 Å². The van der Waals surface area contributed by atoms with Gasteiger partial charge in [0.1, 0.15) is 12.1 Å². The minimum absolute atomic E-state index is 0.141. The van der Waals surface area contributed by atoms with Crippen LogP contribution in [0, 0.1) is 12.8 Å². The zero-order valence-electron chi connectivity index (χ0n) is 25.2. The molecular weight excluding hydrogens is 534 g/mol. The fourth-order valence-corrected chi connectivity index (χ4v) is 7.87. The molecule has 3 fully saturated rings. The minimum atomic E-state index is -3.11. The number of nitrogens with one attached hydrogen (secondary N) is 1. The highest BCUT2D eigenvalue weighted by Gasteiger charge is 2.32. The van der Waals surface area contributed by atoms with E-state index in [1.165, 1.54) is 24.1 Å². The number of piperidine rings is 3. The predicted octanol–water partition coefficient (Wildman–Crippen LogP) is 3.82. The van der Waals surface area contributed by atoms with Crippen molar-refractivity contribution in [1.29, 1.82) is 0 Å². The Morgan fingerprint density at radius 3 is 2.27 bits per heavy atom. The zero-order chi connectivity index (χ0) is 28.8. The molecule has 41 heavy (non-hydrogen) atoms. The van der Waals surface area contributed by atoms with Gasteiger partial charge >= 0.3 is 0 Å². The van der Waals surface area contributed by atoms with E-state index in [9.17, 15) is 8.42 Å². The quantitative estimate of drug-likeness (QED) is 0.452. The number of aromatic nitrogens is 2. The lowest BCUT2D eigenvalue weighted by atomic mass is 9.96. The van der Waals surface area contributed by atoms with Gasteiger partial charge in [-0.25, -0.2) is 22.7 Å². The highest BCUT2D eigenvalue weighted by atomic mass is 32.2. The summed E-state index contributed by atoms with van der Waals surface area (Å²) >= 11 is 0. The Bertz CT molecular complexity index is 1200. The highest BCUT2D eigenvalue weighted by molar-refractivity contribution is 7.89. The first-order valence-corrected chi connectivity index (χ1v) is 17.2. The second-order valence-corrected chi connectivity index (χ2v) is 14.4. The molecule has 9 nitrogen and oxygen atoms in total. The number of benzene rings is 1. The summed E-state index contributed by atoms with van der Waals surface area (Å²) in [6, 6.07) is 11.5. The molecule has 10 heteroatoms. The molecule has 1 aromatic heterocycles. The molecule has 0 radical (unpaired) electrons. The molecule has 3 aliphatic rings. The van der Waals surface area contributed by atoms with Gasteiger partial charge in [0.2, 0.25) is 10.0 Å². The largest absolute Gasteiger partial charge is 0.372 e. The van der Waals surface area contributed by atoms with Gasteiger partial charge in [-0.3, -0.25) is 4.90 Å². The van der Waals surface area contributed by atoms with Crippen LogP contribution in [0.4, 0.5) is 11.5 Å². The Kier molecular flexibility index (Phi) is 10.2. The molecular formula is C31H49N7O2S. The van der Waals surface area contributed by atoms with Gasteiger partial charge in [-0.2, -0.15) is 0 Å². The molecule has 0 spiro atoms. The van der Waals surface area contributed by atoms with Crippen LogP contribution in [0.25, 0.3) is 0 Å². The number of hydrogen-bond acceptors (Lipinski definition) is 8. The predicted molar refractivity (Wildman–Crippen MR) is 167 cm³/mol. The van der Waals surface area contributed by atoms with Crippen LogP contribution in [0.1, 0.15) is 56.7 Å². The summed E-state index contributed by atoms with van der Waals surface area (Å²) in [5, 5.41) is 3.65. The maximum absolute atomic E-state index is 12.3. The molecule has 0 unspecified atom stereocenters. The summed E-state index contributed by atoms with van der Waals surface area (Å²) in [7, 11) is -1.36. The molecule has 1 N–H and O–H groups in total. The van der Waals surface area contributed by atoms with Crippen molar-refractivity contribution in [1.82, 2.24) is 24.1 Å². The van der Waals surface area contributed by atoms with Gasteiger partial charge in [-0.15, -0.1) is 0 Å². The Hall–Kier alpha value is -2.27. The van der Waals surface area contributed by atoms with E-state index in [4.69, 9.17) is 0 Å². The van der Waals surface area contributed by atoms with Crippen LogP contribution < -0.4 is 10.2 Å². The molecule has 3 aliphatic heterocycles. The van der Waals surface area contributed by atoms with Crippen LogP contribution in [-0.4, -0.2) is 103 Å². The smallest absolute Gasteiger partial charge is 0.213 e. The van der Waals surface area contributed by atoms with Crippen molar-refractivity contribution in [3.05, 3.63) is 47.9 Å². The van der Waals surface area contributed by atoms with E-state index >= 15 is 0 Å². The number of hydrogen-bond donors (Lipinski definition) is 1. The Morgan fingerprint density at radius 2 is 1.61 bits per heavy atom. The lowest BCUT2D eigenvalue weighted by Gasteiger charge is -2.43. The van der Waals surface area contributed by atoms with Gasteiger partial charge in [0.25, 0.3) is 0 Å². The molecule has 0 bridgehead atoms. The van der Waals surface area contributed by atoms with Crippen LogP contribution in [0.2, 0.25) is 0 Å². The van der Waals surface area contributed by atoms with E-state index in [0.29, 0.717) is 12.0 Å². The van der Waals surface area contributed by atoms with E-state index in [2.05, 4.69) is 67.2 Å². The molecule has 5 rings (SSSR count). The molecule has 0 aliphatic carbocycles. The Balaban J connectivity index is 1.05. The number of nitrogens with zero attached hydrogens (tertiary/aromatic N) is 6. The number of rotatable bonds is 10. The first kappa shape index (κ1) is 30.2. The van der Waals surface area contributed by atoms with Gasteiger partial charge in [0.15, 0.2) is 0 Å². The standard InChI is InChI=1S/C31H49N7O2S/c1-4-41(39,40)35(3)27-14-20-38(21-15-27)29-12-16-36(17-13-29)23-30-25(2)31(34-24-33-30)32-22-26-10-18-37(19-11-26)28-8-6-5-7-9-28/h5-9,24,26-27,29H,4,10-23H2,1-3H3,(H,32,33,34). The van der Waals surface area contributed by atoms with E-state index in [0.717, 1.165) is 89.6 Å². The second-order valence-electron chi connectivity index (χ2n) is 12.1. The van der Waals surface area contributed by atoms with Crippen LogP contribution >= 0.6 is 0 Å². The summed E-state index contributed by atoms with van der Waals surface area (Å²) < 4.78 is 26.2. The van der Waals surface area contributed by atoms with E-state index in [1.807, 2.05) is 0 Å². The monoisotopic (exact) mass is 583 g/mol. The van der Waals surface area contributed by atoms with Crippen LogP contribution in [0.5, 0.6) is 0 Å². The van der Waals surface area contributed by atoms with E-state index < -0.39 is 10.0 Å². The molecule has 3 saturated heterocycles. The summed E-state index contributed by atoms with van der Waals surface area (Å²) in [6.07, 6.45) is 8.28. The Morgan fingerprint density at radius 1 is 0.927 bits per heavy atom. The average Bonchev–Trinajstić information content (AvgIpc) is 3.02. The highest BCUT2D eigenvalue weighted by Crippen LogP contribution is 2.27. The lowest BCUT2D eigenvalue weighted by molar-refractivity contribution is 0.0728. The van der Waals surface area contributed by atoms with E-state index in [1.54, 1.807) is 24.6 Å². The maximum Gasteiger partial charge on any atom is 0.213 e. The van der Waals surface area contributed by atoms with Gasteiger partial charge in [0, 0.05) is 69.7 Å². The minimum Gasteiger partial charge on any atom is -0.372 e. The third kappa shape index (κ3) is 7.58. The van der Waals surface area contributed by atoms with Gasteiger partial charge in [-0.1, -0.05) is 18.2 Å². The fourth-order valence-electron chi connectivity index (χ4n) is 6.80. The van der Waals surface area contributed by atoms with Crippen molar-refractivity contribution < 1.29 is 8.42 Å². The second kappa shape index (κ2) is 13.8. The summed E-state index contributed by atoms with van der Waals surface area (Å²) in [4.78, 5) is 16.9. The van der Waals surface area contributed by atoms with Crippen molar-refractivity contribution in [2.75, 3.05) is 68.8 Å². The molecule has 2 aromatic rings. The van der Waals surface area contributed by atoms with Gasteiger partial charge in [0.05, 0.1) is 11.4 Å². The molecule has 226 valence electrons. The third-order valence-corrected chi connectivity index (χ3v) is 11.7. The summed E-state index contributed by atoms with van der Waals surface area (Å²) in [6.45, 7) is 12.0. The third-order valence-electron chi connectivity index (χ3n) is 9.75. The molecule has 4 heterocycles. The lowest BCUT2D eigenvalue weighted by Crippen LogP contribution is -2.51. The first-order valence-electron chi connectivity index (χ1n) is 15.6.